The number of sulfonamides is 1. The van der Waals surface area contributed by atoms with Crippen molar-refractivity contribution in [3.63, 3.8) is 0 Å². The van der Waals surface area contributed by atoms with Crippen molar-refractivity contribution in [1.82, 2.24) is 9.62 Å². The Bertz CT molecular complexity index is 480. The molecule has 0 unspecified atom stereocenters. The van der Waals surface area contributed by atoms with Gasteiger partial charge in [0, 0.05) is 25.6 Å². The number of carbonyl (C=O) groups is 1. The highest BCUT2D eigenvalue weighted by molar-refractivity contribution is 7.90. The first-order chi connectivity index (χ1) is 8.96. The van der Waals surface area contributed by atoms with Crippen LogP contribution in [0, 0.1) is 5.41 Å². The number of hydrogen-bond acceptors (Lipinski definition) is 3. The minimum atomic E-state index is -3.35. The smallest absolute Gasteiger partial charge is 0.224 e. The van der Waals surface area contributed by atoms with Crippen molar-refractivity contribution in [1.29, 1.82) is 0 Å². The maximum absolute atomic E-state index is 12.3. The predicted molar refractivity (Wildman–Crippen MR) is 72.0 cm³/mol. The summed E-state index contributed by atoms with van der Waals surface area (Å²) in [6, 6.07) is 0.318. The highest BCUT2D eigenvalue weighted by Crippen LogP contribution is 2.48. The molecule has 3 aliphatic rings. The molecule has 1 atom stereocenters. The summed E-state index contributed by atoms with van der Waals surface area (Å²) < 4.78 is 27.3. The summed E-state index contributed by atoms with van der Waals surface area (Å²) in [5.41, 5.74) is 0.200. The van der Waals surface area contributed by atoms with E-state index < -0.39 is 15.3 Å². The summed E-state index contributed by atoms with van der Waals surface area (Å²) in [4.78, 5) is 13.6. The molecule has 0 aromatic rings. The van der Waals surface area contributed by atoms with Crippen molar-refractivity contribution in [2.24, 2.45) is 5.41 Å². The Hall–Kier alpha value is -0.620. The van der Waals surface area contributed by atoms with Crippen LogP contribution in [0.25, 0.3) is 0 Å². The second-order valence-corrected chi connectivity index (χ2v) is 8.37. The fraction of sp³-hybridized carbons (Fsp3) is 0.923. The van der Waals surface area contributed by atoms with Crippen molar-refractivity contribution >= 4 is 15.9 Å². The van der Waals surface area contributed by atoms with E-state index in [9.17, 15) is 13.2 Å². The van der Waals surface area contributed by atoms with Crippen LogP contribution in [0.2, 0.25) is 0 Å². The van der Waals surface area contributed by atoms with Gasteiger partial charge in [0.15, 0.2) is 0 Å². The third-order valence-electron chi connectivity index (χ3n) is 4.90. The van der Waals surface area contributed by atoms with Gasteiger partial charge >= 0.3 is 0 Å². The summed E-state index contributed by atoms with van der Waals surface area (Å²) in [5.74, 6) is 0.00880. The molecule has 6 heteroatoms. The van der Waals surface area contributed by atoms with Crippen LogP contribution in [-0.2, 0) is 14.8 Å². The quantitative estimate of drug-likeness (QED) is 0.787. The van der Waals surface area contributed by atoms with Gasteiger partial charge in [-0.05, 0) is 37.5 Å². The second-order valence-electron chi connectivity index (χ2n) is 6.32. The van der Waals surface area contributed by atoms with Gasteiger partial charge in [-0.3, -0.25) is 4.79 Å². The maximum atomic E-state index is 12.3. The van der Waals surface area contributed by atoms with Gasteiger partial charge in [-0.25, -0.2) is 13.1 Å². The highest BCUT2D eigenvalue weighted by atomic mass is 32.2. The Labute approximate surface area is 114 Å². The lowest BCUT2D eigenvalue weighted by Crippen LogP contribution is -2.39. The standard InChI is InChI=1S/C13H22N2O3S/c1-2-13(5-6-13)9-14-19(17,18)11-7-12(16)15(8-11)10-3-4-10/h10-11,14H,2-9H2,1H3/t11-/m1/s1. The molecule has 108 valence electrons. The molecule has 1 amide bonds. The van der Waals surface area contributed by atoms with Crippen molar-refractivity contribution < 1.29 is 13.2 Å². The first kappa shape index (κ1) is 13.4. The molecule has 1 saturated heterocycles. The molecule has 0 aromatic carbocycles. The molecule has 2 saturated carbocycles. The molecular weight excluding hydrogens is 264 g/mol. The molecule has 3 rings (SSSR count). The van der Waals surface area contributed by atoms with E-state index in [1.807, 2.05) is 0 Å². The molecule has 5 nitrogen and oxygen atoms in total. The molecule has 1 N–H and O–H groups in total. The summed E-state index contributed by atoms with van der Waals surface area (Å²) in [5, 5.41) is -0.548. The molecule has 0 spiro atoms. The van der Waals surface area contributed by atoms with Gasteiger partial charge in [0.05, 0.1) is 0 Å². The third-order valence-corrected chi connectivity index (χ3v) is 6.65. The van der Waals surface area contributed by atoms with Crippen LogP contribution in [0.4, 0.5) is 0 Å². The molecule has 19 heavy (non-hydrogen) atoms. The molecule has 2 aliphatic carbocycles. The van der Waals surface area contributed by atoms with Crippen LogP contribution in [0.3, 0.4) is 0 Å². The molecule has 1 aliphatic heterocycles. The number of nitrogens with one attached hydrogen (secondary N) is 1. The van der Waals surface area contributed by atoms with Crippen LogP contribution >= 0.6 is 0 Å². The highest BCUT2D eigenvalue weighted by Gasteiger charge is 2.46. The summed E-state index contributed by atoms with van der Waals surface area (Å²) in [7, 11) is -3.35. The molecular formula is C13H22N2O3S. The van der Waals surface area contributed by atoms with Crippen LogP contribution in [0.1, 0.15) is 45.4 Å². The number of hydrogen-bond donors (Lipinski definition) is 1. The van der Waals surface area contributed by atoms with Crippen LogP contribution in [0.5, 0.6) is 0 Å². The lowest BCUT2D eigenvalue weighted by Gasteiger charge is -2.18. The largest absolute Gasteiger partial charge is 0.338 e. The zero-order valence-corrected chi connectivity index (χ0v) is 12.2. The lowest BCUT2D eigenvalue weighted by molar-refractivity contribution is -0.128. The average molecular weight is 286 g/mol. The number of carbonyl (C=O) groups excluding carboxylic acids is 1. The zero-order chi connectivity index (χ0) is 13.7. The monoisotopic (exact) mass is 286 g/mol. The number of rotatable bonds is 6. The van der Waals surface area contributed by atoms with Gasteiger partial charge in [0.2, 0.25) is 15.9 Å². The average Bonchev–Trinajstić information content (AvgIpc) is 3.28. The van der Waals surface area contributed by atoms with Gasteiger partial charge < -0.3 is 4.90 Å². The van der Waals surface area contributed by atoms with E-state index in [0.717, 1.165) is 32.1 Å². The van der Waals surface area contributed by atoms with E-state index in [1.54, 1.807) is 4.90 Å². The Morgan fingerprint density at radius 1 is 1.37 bits per heavy atom. The van der Waals surface area contributed by atoms with Gasteiger partial charge in [-0.2, -0.15) is 0 Å². The Morgan fingerprint density at radius 2 is 2.05 bits per heavy atom. The number of likely N-dealkylation sites (tertiary alicyclic amines) is 1. The molecule has 1 heterocycles. The van der Waals surface area contributed by atoms with Crippen molar-refractivity contribution in [3.8, 4) is 0 Å². The Morgan fingerprint density at radius 3 is 2.58 bits per heavy atom. The molecule has 3 fully saturated rings. The van der Waals surface area contributed by atoms with E-state index >= 15 is 0 Å². The van der Waals surface area contributed by atoms with E-state index in [0.29, 0.717) is 19.1 Å². The maximum Gasteiger partial charge on any atom is 0.224 e. The van der Waals surface area contributed by atoms with Crippen molar-refractivity contribution in [2.75, 3.05) is 13.1 Å². The van der Waals surface area contributed by atoms with E-state index in [4.69, 9.17) is 0 Å². The molecule has 0 radical (unpaired) electrons. The number of nitrogens with zero attached hydrogens (tertiary/aromatic N) is 1. The van der Waals surface area contributed by atoms with Gasteiger partial charge in [0.1, 0.15) is 5.25 Å². The van der Waals surface area contributed by atoms with Crippen LogP contribution in [-0.4, -0.2) is 43.6 Å². The lowest BCUT2D eigenvalue weighted by atomic mass is 10.1. The first-order valence-corrected chi connectivity index (χ1v) is 8.78. The van der Waals surface area contributed by atoms with Gasteiger partial charge in [-0.15, -0.1) is 0 Å². The minimum Gasteiger partial charge on any atom is -0.338 e. The topological polar surface area (TPSA) is 66.5 Å². The second kappa shape index (κ2) is 4.45. The fourth-order valence-corrected chi connectivity index (χ4v) is 4.31. The minimum absolute atomic E-state index is 0.00880. The molecule has 0 bridgehead atoms. The summed E-state index contributed by atoms with van der Waals surface area (Å²) in [6.07, 6.45) is 5.47. The normalized spacial score (nSPS) is 29.8. The van der Waals surface area contributed by atoms with Crippen molar-refractivity contribution in [3.05, 3.63) is 0 Å². The van der Waals surface area contributed by atoms with Crippen LogP contribution in [0.15, 0.2) is 0 Å². The third kappa shape index (κ3) is 2.65. The van der Waals surface area contributed by atoms with E-state index in [2.05, 4.69) is 11.6 Å². The molecule has 0 aromatic heterocycles. The SMILES string of the molecule is CCC1(CNS(=O)(=O)[C@@H]2CC(=O)N(C3CC3)C2)CC1. The fourth-order valence-electron chi connectivity index (χ4n) is 2.85. The predicted octanol–water partition coefficient (Wildman–Crippen LogP) is 0.859. The van der Waals surface area contributed by atoms with Gasteiger partial charge in [-0.1, -0.05) is 6.92 Å². The van der Waals surface area contributed by atoms with E-state index in [1.165, 1.54) is 0 Å². The van der Waals surface area contributed by atoms with E-state index in [-0.39, 0.29) is 17.7 Å². The Kier molecular flexibility index (Phi) is 3.13. The van der Waals surface area contributed by atoms with Gasteiger partial charge in [0.25, 0.3) is 0 Å². The summed E-state index contributed by atoms with van der Waals surface area (Å²) in [6.45, 7) is 3.03. The Balaban J connectivity index is 1.59. The zero-order valence-electron chi connectivity index (χ0n) is 11.4. The number of amides is 1. The first-order valence-electron chi connectivity index (χ1n) is 7.24. The van der Waals surface area contributed by atoms with Crippen LogP contribution < -0.4 is 4.72 Å². The van der Waals surface area contributed by atoms with Crippen molar-refractivity contribution in [2.45, 2.75) is 56.7 Å². The summed E-state index contributed by atoms with van der Waals surface area (Å²) >= 11 is 0.